The van der Waals surface area contributed by atoms with E-state index < -0.39 is 5.97 Å². The van der Waals surface area contributed by atoms with Crippen molar-refractivity contribution in [3.63, 3.8) is 0 Å². The van der Waals surface area contributed by atoms with Gasteiger partial charge in [0.15, 0.2) is 0 Å². The molecular weight excluding hydrogens is 282 g/mol. The van der Waals surface area contributed by atoms with Crippen molar-refractivity contribution in [2.75, 3.05) is 14.2 Å². The lowest BCUT2D eigenvalue weighted by molar-refractivity contribution is 0.0600. The highest BCUT2D eigenvalue weighted by Crippen LogP contribution is 2.17. The second kappa shape index (κ2) is 6.83. The largest absolute Gasteiger partial charge is 0.465 e. The highest BCUT2D eigenvalue weighted by Gasteiger charge is 2.16. The molecule has 0 spiro atoms. The van der Waals surface area contributed by atoms with Crippen LogP contribution in [0.5, 0.6) is 0 Å². The third kappa shape index (κ3) is 3.30. The number of aromatic nitrogens is 3. The Labute approximate surface area is 128 Å². The summed E-state index contributed by atoms with van der Waals surface area (Å²) >= 11 is 0. The number of methoxy groups -OCH3 is 1. The fourth-order valence-electron chi connectivity index (χ4n) is 2.20. The molecule has 0 unspecified atom stereocenters. The second-order valence-corrected chi connectivity index (χ2v) is 4.92. The number of ether oxygens (including phenoxy) is 1. The van der Waals surface area contributed by atoms with Gasteiger partial charge in [0.05, 0.1) is 24.8 Å². The fourth-order valence-corrected chi connectivity index (χ4v) is 2.20. The number of carbonyl (C=O) groups is 1. The zero-order valence-electron chi connectivity index (χ0n) is 12.8. The first-order valence-electron chi connectivity index (χ1n) is 6.68. The molecule has 22 heavy (non-hydrogen) atoms. The van der Waals surface area contributed by atoms with Crippen LogP contribution in [0.15, 0.2) is 24.5 Å². The first-order chi connectivity index (χ1) is 10.6. The predicted molar refractivity (Wildman–Crippen MR) is 78.7 cm³/mol. The van der Waals surface area contributed by atoms with Crippen molar-refractivity contribution in [2.24, 2.45) is 7.05 Å². The van der Waals surface area contributed by atoms with Crippen molar-refractivity contribution in [3.05, 3.63) is 47.0 Å². The molecule has 7 heteroatoms. The third-order valence-corrected chi connectivity index (χ3v) is 3.32. The summed E-state index contributed by atoms with van der Waals surface area (Å²) in [6, 6.07) is 7.27. The highest BCUT2D eigenvalue weighted by molar-refractivity contribution is 5.92. The Morgan fingerprint density at radius 2 is 2.23 bits per heavy atom. The average molecular weight is 299 g/mol. The van der Waals surface area contributed by atoms with E-state index in [0.29, 0.717) is 18.7 Å². The van der Waals surface area contributed by atoms with Crippen molar-refractivity contribution in [3.8, 4) is 6.07 Å². The third-order valence-electron chi connectivity index (χ3n) is 3.32. The molecule has 0 aliphatic heterocycles. The molecule has 0 atom stereocenters. The van der Waals surface area contributed by atoms with Gasteiger partial charge in [-0.25, -0.2) is 9.78 Å². The van der Waals surface area contributed by atoms with Crippen LogP contribution in [0, 0.1) is 11.3 Å². The molecule has 0 saturated carbocycles. The number of nitriles is 1. The van der Waals surface area contributed by atoms with Crippen LogP contribution < -0.4 is 0 Å². The molecule has 114 valence electrons. The number of carbonyl (C=O) groups excluding carboxylic acids is 1. The van der Waals surface area contributed by atoms with E-state index >= 15 is 0 Å². The Bertz CT molecular complexity index is 717. The van der Waals surface area contributed by atoms with Crippen LogP contribution in [0.2, 0.25) is 0 Å². The van der Waals surface area contributed by atoms with Gasteiger partial charge < -0.3 is 4.74 Å². The molecule has 0 amide bonds. The number of esters is 1. The average Bonchev–Trinajstić information content (AvgIpc) is 2.91. The Balaban J connectivity index is 2.21. The van der Waals surface area contributed by atoms with E-state index in [9.17, 15) is 10.1 Å². The van der Waals surface area contributed by atoms with Crippen LogP contribution >= 0.6 is 0 Å². The van der Waals surface area contributed by atoms with Crippen LogP contribution in [0.3, 0.4) is 0 Å². The lowest BCUT2D eigenvalue weighted by Gasteiger charge is -2.17. The Morgan fingerprint density at radius 1 is 1.45 bits per heavy atom. The summed E-state index contributed by atoms with van der Waals surface area (Å²) in [4.78, 5) is 17.9. The van der Waals surface area contributed by atoms with Gasteiger partial charge in [0, 0.05) is 13.6 Å². The molecule has 1 aromatic heterocycles. The summed E-state index contributed by atoms with van der Waals surface area (Å²) in [5.74, 6) is 0.319. The smallest absolute Gasteiger partial charge is 0.339 e. The Hall–Kier alpha value is -2.72. The molecule has 2 aromatic rings. The first kappa shape index (κ1) is 15.7. The number of hydrogen-bond donors (Lipinski definition) is 0. The lowest BCUT2D eigenvalue weighted by Crippen LogP contribution is -2.21. The molecule has 0 aliphatic rings. The van der Waals surface area contributed by atoms with Crippen molar-refractivity contribution in [1.82, 2.24) is 19.7 Å². The van der Waals surface area contributed by atoms with Crippen LogP contribution in [-0.4, -0.2) is 39.8 Å². The van der Waals surface area contributed by atoms with Gasteiger partial charge in [-0.1, -0.05) is 12.1 Å². The Kier molecular flexibility index (Phi) is 4.86. The summed E-state index contributed by atoms with van der Waals surface area (Å²) in [6.07, 6.45) is 1.50. The van der Waals surface area contributed by atoms with Gasteiger partial charge in [-0.05, 0) is 18.7 Å². The maximum absolute atomic E-state index is 11.7. The molecular formula is C15H17N5O2. The van der Waals surface area contributed by atoms with E-state index in [1.807, 2.05) is 25.1 Å². The number of rotatable bonds is 5. The SMILES string of the molecule is COC(=O)c1cccc(CN(C)Cc2ncnn2C)c1C#N. The van der Waals surface area contributed by atoms with Gasteiger partial charge in [-0.15, -0.1) is 0 Å². The number of aryl methyl sites for hydroxylation is 1. The number of benzene rings is 1. The molecule has 0 radical (unpaired) electrons. The predicted octanol–water partition coefficient (Wildman–Crippen LogP) is 1.11. The monoisotopic (exact) mass is 299 g/mol. The van der Waals surface area contributed by atoms with Gasteiger partial charge in [0.2, 0.25) is 0 Å². The number of hydrogen-bond acceptors (Lipinski definition) is 6. The van der Waals surface area contributed by atoms with E-state index in [1.54, 1.807) is 16.8 Å². The van der Waals surface area contributed by atoms with Crippen molar-refractivity contribution >= 4 is 5.97 Å². The summed E-state index contributed by atoms with van der Waals surface area (Å²) in [5, 5.41) is 13.4. The maximum atomic E-state index is 11.7. The first-order valence-corrected chi connectivity index (χ1v) is 6.68. The van der Waals surface area contributed by atoms with E-state index in [2.05, 4.69) is 16.2 Å². The van der Waals surface area contributed by atoms with E-state index in [1.165, 1.54) is 13.4 Å². The molecule has 1 aromatic carbocycles. The van der Waals surface area contributed by atoms with E-state index in [0.717, 1.165) is 11.4 Å². The van der Waals surface area contributed by atoms with Gasteiger partial charge in [0.25, 0.3) is 0 Å². The minimum atomic E-state index is -0.505. The van der Waals surface area contributed by atoms with Gasteiger partial charge in [-0.3, -0.25) is 9.58 Å². The summed E-state index contributed by atoms with van der Waals surface area (Å²) in [5.41, 5.74) is 1.41. The Morgan fingerprint density at radius 3 is 2.82 bits per heavy atom. The molecule has 0 bridgehead atoms. The van der Waals surface area contributed by atoms with E-state index in [4.69, 9.17) is 4.74 Å². The quantitative estimate of drug-likeness (QED) is 0.769. The van der Waals surface area contributed by atoms with E-state index in [-0.39, 0.29) is 5.56 Å². The molecule has 0 N–H and O–H groups in total. The van der Waals surface area contributed by atoms with Crippen LogP contribution in [0.25, 0.3) is 0 Å². The normalized spacial score (nSPS) is 10.5. The molecule has 1 heterocycles. The summed E-state index contributed by atoms with van der Waals surface area (Å²) in [7, 11) is 5.05. The van der Waals surface area contributed by atoms with Crippen molar-refractivity contribution in [1.29, 1.82) is 5.26 Å². The van der Waals surface area contributed by atoms with Crippen LogP contribution in [0.1, 0.15) is 27.3 Å². The van der Waals surface area contributed by atoms with Gasteiger partial charge in [-0.2, -0.15) is 10.4 Å². The lowest BCUT2D eigenvalue weighted by atomic mass is 10.0. The summed E-state index contributed by atoms with van der Waals surface area (Å²) in [6.45, 7) is 1.10. The fraction of sp³-hybridized carbons (Fsp3) is 0.333. The molecule has 0 fully saturated rings. The zero-order valence-corrected chi connectivity index (χ0v) is 12.8. The van der Waals surface area contributed by atoms with Crippen LogP contribution in [0.4, 0.5) is 0 Å². The zero-order chi connectivity index (χ0) is 16.1. The number of nitrogens with zero attached hydrogens (tertiary/aromatic N) is 5. The van der Waals surface area contributed by atoms with Crippen molar-refractivity contribution < 1.29 is 9.53 Å². The standard InChI is InChI=1S/C15H17N5O2/c1-19(9-14-17-10-18-20(14)2)8-11-5-4-6-12(13(11)7-16)15(21)22-3/h4-6,10H,8-9H2,1-3H3. The maximum Gasteiger partial charge on any atom is 0.339 e. The minimum absolute atomic E-state index is 0.287. The van der Waals surface area contributed by atoms with Gasteiger partial charge in [0.1, 0.15) is 18.2 Å². The van der Waals surface area contributed by atoms with Crippen molar-refractivity contribution in [2.45, 2.75) is 13.1 Å². The topological polar surface area (TPSA) is 84.0 Å². The molecule has 7 nitrogen and oxygen atoms in total. The minimum Gasteiger partial charge on any atom is -0.465 e. The summed E-state index contributed by atoms with van der Waals surface area (Å²) < 4.78 is 6.42. The second-order valence-electron chi connectivity index (χ2n) is 4.92. The van der Waals surface area contributed by atoms with Crippen LogP contribution in [-0.2, 0) is 24.9 Å². The molecule has 2 rings (SSSR count). The highest BCUT2D eigenvalue weighted by atomic mass is 16.5. The molecule has 0 aliphatic carbocycles. The van der Waals surface area contributed by atoms with Gasteiger partial charge >= 0.3 is 5.97 Å². The molecule has 0 saturated heterocycles.